The van der Waals surface area contributed by atoms with Crippen LogP contribution in [0.25, 0.3) is 0 Å². The molecule has 0 amide bonds. The molecule has 0 radical (unpaired) electrons. The van der Waals surface area contributed by atoms with Crippen molar-refractivity contribution in [1.82, 2.24) is 0 Å². The highest BCUT2D eigenvalue weighted by atomic mass is 127. The Bertz CT molecular complexity index is 296. The molecular formula is C9H11IOS. The van der Waals surface area contributed by atoms with E-state index in [1.807, 2.05) is 0 Å². The number of hydrogen-bond donors (Lipinski definition) is 1. The van der Waals surface area contributed by atoms with Gasteiger partial charge in [0.15, 0.2) is 0 Å². The van der Waals surface area contributed by atoms with Crippen molar-refractivity contribution in [3.05, 3.63) is 19.9 Å². The second kappa shape index (κ2) is 2.96. The van der Waals surface area contributed by atoms with Crippen LogP contribution in [-0.2, 0) is 5.60 Å². The Labute approximate surface area is 89.9 Å². The lowest BCUT2D eigenvalue weighted by Crippen LogP contribution is -2.06. The zero-order chi connectivity index (χ0) is 8.77. The molecule has 1 aliphatic carbocycles. The van der Waals surface area contributed by atoms with E-state index in [0.717, 1.165) is 18.4 Å². The first-order chi connectivity index (χ1) is 5.66. The van der Waals surface area contributed by atoms with E-state index >= 15 is 0 Å². The van der Waals surface area contributed by atoms with Crippen LogP contribution >= 0.6 is 33.9 Å². The Morgan fingerprint density at radius 2 is 2.58 bits per heavy atom. The van der Waals surface area contributed by atoms with Gasteiger partial charge in [-0.2, -0.15) is 0 Å². The molecule has 12 heavy (non-hydrogen) atoms. The number of hydrogen-bond acceptors (Lipinski definition) is 2. The summed E-state index contributed by atoms with van der Waals surface area (Å²) in [6.45, 7) is 2.14. The Kier molecular flexibility index (Phi) is 2.21. The van der Waals surface area contributed by atoms with E-state index in [2.05, 4.69) is 41.0 Å². The molecule has 0 aliphatic heterocycles. The van der Waals surface area contributed by atoms with Crippen molar-refractivity contribution in [2.75, 3.05) is 0 Å². The van der Waals surface area contributed by atoms with Gasteiger partial charge in [-0.05, 0) is 51.9 Å². The fraction of sp³-hybridized carbons (Fsp3) is 0.556. The lowest BCUT2D eigenvalue weighted by molar-refractivity contribution is 0.131. The molecular weight excluding hydrogens is 283 g/mol. The maximum Gasteiger partial charge on any atom is 0.0937 e. The molecule has 3 heteroatoms. The Hall–Kier alpha value is 0.390. The fourth-order valence-corrected chi connectivity index (χ4v) is 3.11. The minimum Gasteiger partial charge on any atom is -0.385 e. The average Bonchev–Trinajstić information content (AvgIpc) is 2.50. The van der Waals surface area contributed by atoms with Crippen molar-refractivity contribution in [3.8, 4) is 0 Å². The Morgan fingerprint density at radius 3 is 3.00 bits per heavy atom. The van der Waals surface area contributed by atoms with Gasteiger partial charge in [0.1, 0.15) is 0 Å². The molecule has 2 rings (SSSR count). The van der Waals surface area contributed by atoms with Crippen LogP contribution in [0.1, 0.15) is 25.3 Å². The maximum atomic E-state index is 10.1. The first-order valence-electron chi connectivity index (χ1n) is 4.13. The van der Waals surface area contributed by atoms with Crippen LogP contribution in [-0.4, -0.2) is 5.11 Å². The van der Waals surface area contributed by atoms with Gasteiger partial charge in [0.05, 0.1) is 8.48 Å². The van der Waals surface area contributed by atoms with Crippen molar-refractivity contribution < 1.29 is 5.11 Å². The van der Waals surface area contributed by atoms with E-state index in [1.165, 1.54) is 2.88 Å². The van der Waals surface area contributed by atoms with E-state index < -0.39 is 5.60 Å². The molecule has 0 spiro atoms. The predicted octanol–water partition coefficient (Wildman–Crippen LogP) is 2.97. The van der Waals surface area contributed by atoms with Gasteiger partial charge in [-0.15, -0.1) is 11.3 Å². The lowest BCUT2D eigenvalue weighted by atomic mass is 10.1. The third-order valence-electron chi connectivity index (χ3n) is 2.63. The topological polar surface area (TPSA) is 20.2 Å². The minimum atomic E-state index is -0.464. The summed E-state index contributed by atoms with van der Waals surface area (Å²) >= 11 is 4.01. The van der Waals surface area contributed by atoms with Crippen molar-refractivity contribution in [2.45, 2.75) is 25.4 Å². The van der Waals surface area contributed by atoms with E-state index in [9.17, 15) is 5.11 Å². The molecule has 1 nitrogen and oxygen atoms in total. The van der Waals surface area contributed by atoms with Crippen LogP contribution in [0.3, 0.4) is 0 Å². The number of rotatable bonds is 2. The van der Waals surface area contributed by atoms with E-state index in [4.69, 9.17) is 0 Å². The standard InChI is InChI=1S/C9H11IOS/c1-2-6-4-9(6,11)7-3-8(10)12-5-7/h3,5-6,11H,2,4H2,1H3. The van der Waals surface area contributed by atoms with Gasteiger partial charge in [-0.1, -0.05) is 13.3 Å². The van der Waals surface area contributed by atoms with Gasteiger partial charge in [-0.25, -0.2) is 0 Å². The van der Waals surface area contributed by atoms with Crippen LogP contribution in [0.2, 0.25) is 0 Å². The maximum absolute atomic E-state index is 10.1. The monoisotopic (exact) mass is 294 g/mol. The summed E-state index contributed by atoms with van der Waals surface area (Å²) in [6, 6.07) is 2.10. The summed E-state index contributed by atoms with van der Waals surface area (Å²) in [7, 11) is 0. The van der Waals surface area contributed by atoms with Crippen molar-refractivity contribution >= 4 is 33.9 Å². The normalized spacial score (nSPS) is 33.8. The molecule has 1 N–H and O–H groups in total. The third-order valence-corrected chi connectivity index (χ3v) is 4.42. The second-order valence-corrected chi connectivity index (χ2v) is 6.18. The summed E-state index contributed by atoms with van der Waals surface area (Å²) in [5.41, 5.74) is 0.665. The van der Waals surface area contributed by atoms with Gasteiger partial charge >= 0.3 is 0 Å². The van der Waals surface area contributed by atoms with Crippen LogP contribution in [0.15, 0.2) is 11.4 Å². The first kappa shape index (κ1) is 8.97. The van der Waals surface area contributed by atoms with E-state index in [1.54, 1.807) is 11.3 Å². The molecule has 0 bridgehead atoms. The van der Waals surface area contributed by atoms with Gasteiger partial charge in [0.25, 0.3) is 0 Å². The largest absolute Gasteiger partial charge is 0.385 e. The smallest absolute Gasteiger partial charge is 0.0937 e. The van der Waals surface area contributed by atoms with Crippen LogP contribution in [0, 0.1) is 8.80 Å². The summed E-state index contributed by atoms with van der Waals surface area (Å²) in [4.78, 5) is 0. The molecule has 1 saturated carbocycles. The van der Waals surface area contributed by atoms with Crippen LogP contribution in [0.5, 0.6) is 0 Å². The molecule has 1 aromatic heterocycles. The zero-order valence-electron chi connectivity index (χ0n) is 6.88. The van der Waals surface area contributed by atoms with Gasteiger partial charge in [-0.3, -0.25) is 0 Å². The molecule has 1 aromatic rings. The quantitative estimate of drug-likeness (QED) is 0.831. The SMILES string of the molecule is CCC1CC1(O)c1csc(I)c1. The minimum absolute atomic E-state index is 0.464. The average molecular weight is 294 g/mol. The number of halogens is 1. The second-order valence-electron chi connectivity index (χ2n) is 3.37. The summed E-state index contributed by atoms with van der Waals surface area (Å²) in [5, 5.41) is 12.2. The molecule has 66 valence electrons. The van der Waals surface area contributed by atoms with E-state index in [-0.39, 0.29) is 0 Å². The fourth-order valence-electron chi connectivity index (χ4n) is 1.69. The van der Waals surface area contributed by atoms with Gasteiger partial charge in [0.2, 0.25) is 0 Å². The van der Waals surface area contributed by atoms with Crippen molar-refractivity contribution in [3.63, 3.8) is 0 Å². The highest BCUT2D eigenvalue weighted by Crippen LogP contribution is 2.54. The zero-order valence-corrected chi connectivity index (χ0v) is 9.85. The molecule has 2 unspecified atom stereocenters. The van der Waals surface area contributed by atoms with Gasteiger partial charge < -0.3 is 5.11 Å². The van der Waals surface area contributed by atoms with Crippen LogP contribution < -0.4 is 0 Å². The van der Waals surface area contributed by atoms with Crippen LogP contribution in [0.4, 0.5) is 0 Å². The Balaban J connectivity index is 2.22. The Morgan fingerprint density at radius 1 is 1.83 bits per heavy atom. The van der Waals surface area contributed by atoms with Gasteiger partial charge in [0, 0.05) is 0 Å². The highest BCUT2D eigenvalue weighted by molar-refractivity contribution is 14.1. The predicted molar refractivity (Wildman–Crippen MR) is 59.3 cm³/mol. The lowest BCUT2D eigenvalue weighted by Gasteiger charge is -2.05. The molecule has 0 saturated heterocycles. The van der Waals surface area contributed by atoms with Crippen molar-refractivity contribution in [2.24, 2.45) is 5.92 Å². The summed E-state index contributed by atoms with van der Waals surface area (Å²) < 4.78 is 1.26. The van der Waals surface area contributed by atoms with E-state index in [0.29, 0.717) is 5.92 Å². The first-order valence-corrected chi connectivity index (χ1v) is 6.09. The summed E-state index contributed by atoms with van der Waals surface area (Å²) in [5.74, 6) is 0.503. The van der Waals surface area contributed by atoms with Crippen molar-refractivity contribution in [1.29, 1.82) is 0 Å². The summed E-state index contributed by atoms with van der Waals surface area (Å²) in [6.07, 6.45) is 2.04. The molecule has 1 heterocycles. The molecule has 0 aromatic carbocycles. The molecule has 1 fully saturated rings. The molecule has 2 atom stereocenters. The number of aliphatic hydroxyl groups is 1. The number of thiophene rings is 1. The highest BCUT2D eigenvalue weighted by Gasteiger charge is 2.53. The molecule has 1 aliphatic rings. The third kappa shape index (κ3) is 1.32.